The van der Waals surface area contributed by atoms with E-state index in [1.807, 2.05) is 13.8 Å². The summed E-state index contributed by atoms with van der Waals surface area (Å²) in [5, 5.41) is 4.12. The number of hydrogen-bond acceptors (Lipinski definition) is 2. The Bertz CT molecular complexity index is 322. The van der Waals surface area contributed by atoms with Gasteiger partial charge >= 0.3 is 6.18 Å². The van der Waals surface area contributed by atoms with Gasteiger partial charge in [0, 0.05) is 12.2 Å². The molecule has 6 heteroatoms. The van der Waals surface area contributed by atoms with Crippen LogP contribution >= 0.6 is 0 Å². The van der Waals surface area contributed by atoms with Crippen molar-refractivity contribution in [2.75, 3.05) is 6.61 Å². The highest BCUT2D eigenvalue weighted by molar-refractivity contribution is 4.97. The van der Waals surface area contributed by atoms with E-state index in [9.17, 15) is 13.2 Å². The Labute approximate surface area is 92.2 Å². The summed E-state index contributed by atoms with van der Waals surface area (Å²) >= 11 is 0. The fourth-order valence-corrected chi connectivity index (χ4v) is 1.16. The summed E-state index contributed by atoms with van der Waals surface area (Å²) in [5.74, 6) is 0. The molecule has 0 bridgehead atoms. The summed E-state index contributed by atoms with van der Waals surface area (Å²) < 4.78 is 41.6. The fourth-order valence-electron chi connectivity index (χ4n) is 1.16. The molecule has 3 nitrogen and oxygen atoms in total. The monoisotopic (exact) mass is 236 g/mol. The van der Waals surface area contributed by atoms with E-state index in [2.05, 4.69) is 9.84 Å². The van der Waals surface area contributed by atoms with Gasteiger partial charge in [0.2, 0.25) is 0 Å². The van der Waals surface area contributed by atoms with Gasteiger partial charge in [0.1, 0.15) is 6.61 Å². The minimum Gasteiger partial charge on any atom is -0.366 e. The van der Waals surface area contributed by atoms with Crippen LogP contribution in [0.15, 0.2) is 12.3 Å². The highest BCUT2D eigenvalue weighted by atomic mass is 19.4. The van der Waals surface area contributed by atoms with Gasteiger partial charge < -0.3 is 4.74 Å². The first-order chi connectivity index (χ1) is 7.42. The first-order valence-corrected chi connectivity index (χ1v) is 5.11. The van der Waals surface area contributed by atoms with Crippen LogP contribution in [-0.4, -0.2) is 22.6 Å². The number of nitrogens with zero attached hydrogens (tertiary/aromatic N) is 2. The number of hydrogen-bond donors (Lipinski definition) is 0. The average molecular weight is 236 g/mol. The predicted octanol–water partition coefficient (Wildman–Crippen LogP) is 2.93. The molecular weight excluding hydrogens is 221 g/mol. The van der Waals surface area contributed by atoms with Gasteiger partial charge in [-0.05, 0) is 19.4 Å². The lowest BCUT2D eigenvalue weighted by Crippen LogP contribution is -2.17. The van der Waals surface area contributed by atoms with Gasteiger partial charge in [-0.2, -0.15) is 18.3 Å². The van der Waals surface area contributed by atoms with E-state index >= 15 is 0 Å². The van der Waals surface area contributed by atoms with E-state index in [0.29, 0.717) is 5.69 Å². The lowest BCUT2D eigenvalue weighted by Gasteiger charge is -2.08. The van der Waals surface area contributed by atoms with Gasteiger partial charge in [-0.15, -0.1) is 0 Å². The molecule has 92 valence electrons. The van der Waals surface area contributed by atoms with Gasteiger partial charge in [-0.25, -0.2) is 0 Å². The van der Waals surface area contributed by atoms with Crippen molar-refractivity contribution in [1.29, 1.82) is 0 Å². The van der Waals surface area contributed by atoms with Gasteiger partial charge in [0.05, 0.1) is 12.3 Å². The minimum atomic E-state index is -4.28. The second-order valence-electron chi connectivity index (χ2n) is 3.65. The van der Waals surface area contributed by atoms with Crippen molar-refractivity contribution in [2.45, 2.75) is 39.1 Å². The van der Waals surface area contributed by atoms with E-state index in [1.54, 1.807) is 16.9 Å². The molecule has 0 aliphatic carbocycles. The minimum absolute atomic E-state index is 0.108. The first kappa shape index (κ1) is 13.0. The number of alkyl halides is 3. The van der Waals surface area contributed by atoms with E-state index in [4.69, 9.17) is 0 Å². The zero-order valence-corrected chi connectivity index (χ0v) is 9.29. The van der Waals surface area contributed by atoms with Gasteiger partial charge in [-0.1, -0.05) is 6.92 Å². The molecule has 0 fully saturated rings. The van der Waals surface area contributed by atoms with Crippen LogP contribution in [0.2, 0.25) is 0 Å². The van der Waals surface area contributed by atoms with Gasteiger partial charge in [-0.3, -0.25) is 4.68 Å². The third-order valence-electron chi connectivity index (χ3n) is 2.22. The molecule has 0 aliphatic heterocycles. The molecule has 0 aliphatic rings. The molecule has 1 aromatic rings. The molecule has 1 aromatic heterocycles. The van der Waals surface area contributed by atoms with Crippen molar-refractivity contribution >= 4 is 0 Å². The third-order valence-corrected chi connectivity index (χ3v) is 2.22. The Hall–Kier alpha value is -1.04. The van der Waals surface area contributed by atoms with Crippen molar-refractivity contribution in [3.05, 3.63) is 18.0 Å². The quantitative estimate of drug-likeness (QED) is 0.786. The lowest BCUT2D eigenvalue weighted by atomic mass is 10.3. The average Bonchev–Trinajstić information content (AvgIpc) is 2.63. The number of halogens is 3. The molecule has 0 amide bonds. The molecule has 0 saturated heterocycles. The van der Waals surface area contributed by atoms with E-state index in [0.717, 1.165) is 6.42 Å². The zero-order valence-electron chi connectivity index (χ0n) is 9.29. The summed E-state index contributed by atoms with van der Waals surface area (Å²) in [4.78, 5) is 0. The third kappa shape index (κ3) is 4.22. The lowest BCUT2D eigenvalue weighted by molar-refractivity contribution is -0.176. The Morgan fingerprint density at radius 1 is 1.50 bits per heavy atom. The van der Waals surface area contributed by atoms with Crippen LogP contribution in [-0.2, 0) is 11.3 Å². The second-order valence-corrected chi connectivity index (χ2v) is 3.65. The number of aromatic nitrogens is 2. The molecular formula is C10H15F3N2O. The Kier molecular flexibility index (Phi) is 4.35. The maximum absolute atomic E-state index is 11.8. The largest absolute Gasteiger partial charge is 0.411 e. The van der Waals surface area contributed by atoms with Gasteiger partial charge in [0.25, 0.3) is 0 Å². The molecule has 0 N–H and O–H groups in total. The Morgan fingerprint density at radius 3 is 2.75 bits per heavy atom. The summed E-state index contributed by atoms with van der Waals surface area (Å²) in [6, 6.07) is 1.92. The molecule has 16 heavy (non-hydrogen) atoms. The predicted molar refractivity (Wildman–Crippen MR) is 52.9 cm³/mol. The van der Waals surface area contributed by atoms with Crippen LogP contribution < -0.4 is 0 Å². The second kappa shape index (κ2) is 5.34. The van der Waals surface area contributed by atoms with Gasteiger partial charge in [0.15, 0.2) is 0 Å². The number of rotatable bonds is 5. The summed E-state index contributed by atoms with van der Waals surface area (Å²) in [7, 11) is 0. The van der Waals surface area contributed by atoms with Crippen molar-refractivity contribution < 1.29 is 17.9 Å². The highest BCUT2D eigenvalue weighted by Gasteiger charge is 2.27. The van der Waals surface area contributed by atoms with E-state index in [-0.39, 0.29) is 12.6 Å². The normalized spacial score (nSPS) is 14.1. The fraction of sp³-hybridized carbons (Fsp3) is 0.700. The first-order valence-electron chi connectivity index (χ1n) is 5.11. The van der Waals surface area contributed by atoms with Crippen LogP contribution in [0.3, 0.4) is 0 Å². The molecule has 0 spiro atoms. The summed E-state index contributed by atoms with van der Waals surface area (Å²) in [6.07, 6.45) is -1.61. The summed E-state index contributed by atoms with van der Waals surface area (Å²) in [5.41, 5.74) is 0.518. The smallest absolute Gasteiger partial charge is 0.366 e. The van der Waals surface area contributed by atoms with Crippen molar-refractivity contribution in [3.8, 4) is 0 Å². The maximum atomic E-state index is 11.8. The van der Waals surface area contributed by atoms with Crippen LogP contribution in [0.4, 0.5) is 13.2 Å². The molecule has 1 heterocycles. The van der Waals surface area contributed by atoms with Crippen molar-refractivity contribution in [1.82, 2.24) is 9.78 Å². The number of ether oxygens (including phenoxy) is 1. The maximum Gasteiger partial charge on any atom is 0.411 e. The van der Waals surface area contributed by atoms with Crippen molar-refractivity contribution in [2.24, 2.45) is 0 Å². The van der Waals surface area contributed by atoms with Crippen LogP contribution in [0.5, 0.6) is 0 Å². The molecule has 0 radical (unpaired) electrons. The Morgan fingerprint density at radius 2 is 2.19 bits per heavy atom. The van der Waals surface area contributed by atoms with Crippen LogP contribution in [0, 0.1) is 0 Å². The molecule has 0 saturated carbocycles. The van der Waals surface area contributed by atoms with Crippen molar-refractivity contribution in [3.63, 3.8) is 0 Å². The van der Waals surface area contributed by atoms with E-state index < -0.39 is 12.8 Å². The highest BCUT2D eigenvalue weighted by Crippen LogP contribution is 2.15. The molecule has 1 rings (SSSR count). The Balaban J connectivity index is 2.41. The topological polar surface area (TPSA) is 27.1 Å². The van der Waals surface area contributed by atoms with Crippen LogP contribution in [0.25, 0.3) is 0 Å². The molecule has 0 aromatic carbocycles. The van der Waals surface area contributed by atoms with E-state index in [1.165, 1.54) is 0 Å². The SMILES string of the molecule is CC[C@@H](C)n1ccc(COCC(F)(F)F)n1. The summed E-state index contributed by atoms with van der Waals surface area (Å²) in [6.45, 7) is 2.67. The molecule has 1 atom stereocenters. The molecule has 0 unspecified atom stereocenters. The zero-order chi connectivity index (χ0) is 12.2. The standard InChI is InChI=1S/C10H15F3N2O/c1-3-8(2)15-5-4-9(14-15)6-16-7-10(11,12)13/h4-5,8H,3,6-7H2,1-2H3/t8-/m1/s1. The van der Waals surface area contributed by atoms with Crippen LogP contribution in [0.1, 0.15) is 32.0 Å².